The van der Waals surface area contributed by atoms with E-state index in [0.717, 1.165) is 17.7 Å². The van der Waals surface area contributed by atoms with Crippen molar-refractivity contribution in [3.8, 4) is 0 Å². The van der Waals surface area contributed by atoms with Crippen molar-refractivity contribution < 1.29 is 9.53 Å². The maximum absolute atomic E-state index is 12.4. The monoisotopic (exact) mass is 248 g/mol. The number of benzene rings is 1. The van der Waals surface area contributed by atoms with E-state index in [2.05, 4.69) is 6.92 Å². The lowest BCUT2D eigenvalue weighted by molar-refractivity contribution is -0.128. The Hall–Kier alpha value is -1.39. The zero-order valence-electron chi connectivity index (χ0n) is 10.9. The molecule has 2 unspecified atom stereocenters. The molecule has 0 aromatic heterocycles. The van der Waals surface area contributed by atoms with Gasteiger partial charge in [0.25, 0.3) is 5.91 Å². The highest BCUT2D eigenvalue weighted by molar-refractivity contribution is 5.97. The molecule has 1 aromatic carbocycles. The van der Waals surface area contributed by atoms with Crippen molar-refractivity contribution in [3.63, 3.8) is 0 Å². The third kappa shape index (κ3) is 2.40. The zero-order chi connectivity index (χ0) is 13.1. The molecule has 18 heavy (non-hydrogen) atoms. The van der Waals surface area contributed by atoms with Crippen molar-refractivity contribution in [2.24, 2.45) is 11.7 Å². The molecular formula is C14H20N2O2. The molecule has 2 rings (SSSR count). The number of rotatable bonds is 3. The first-order valence-electron chi connectivity index (χ1n) is 6.32. The second-order valence-electron chi connectivity index (χ2n) is 4.79. The van der Waals surface area contributed by atoms with E-state index < -0.39 is 0 Å². The van der Waals surface area contributed by atoms with Gasteiger partial charge in [-0.05, 0) is 24.0 Å². The number of hydrogen-bond acceptors (Lipinski definition) is 3. The average Bonchev–Trinajstić information content (AvgIpc) is 2.83. The number of ether oxygens (including phenoxy) is 1. The summed E-state index contributed by atoms with van der Waals surface area (Å²) < 4.78 is 5.52. The molecule has 0 aliphatic carbocycles. The van der Waals surface area contributed by atoms with Gasteiger partial charge in [0.05, 0.1) is 0 Å². The molecule has 0 radical (unpaired) electrons. The van der Waals surface area contributed by atoms with Gasteiger partial charge >= 0.3 is 0 Å². The summed E-state index contributed by atoms with van der Waals surface area (Å²) in [4.78, 5) is 14.0. The van der Waals surface area contributed by atoms with Crippen LogP contribution in [0.4, 0.5) is 5.69 Å². The number of anilines is 1. The smallest absolute Gasteiger partial charge is 0.256 e. The van der Waals surface area contributed by atoms with E-state index in [4.69, 9.17) is 10.5 Å². The number of hydrogen-bond donors (Lipinski definition) is 1. The van der Waals surface area contributed by atoms with Crippen molar-refractivity contribution in [2.45, 2.75) is 26.0 Å². The Kier molecular flexibility index (Phi) is 3.99. The van der Waals surface area contributed by atoms with Gasteiger partial charge in [0.1, 0.15) is 6.10 Å². The van der Waals surface area contributed by atoms with Gasteiger partial charge < -0.3 is 15.4 Å². The van der Waals surface area contributed by atoms with Crippen LogP contribution in [0.2, 0.25) is 0 Å². The quantitative estimate of drug-likeness (QED) is 0.882. The predicted molar refractivity (Wildman–Crippen MR) is 71.3 cm³/mol. The summed E-state index contributed by atoms with van der Waals surface area (Å²) >= 11 is 0. The summed E-state index contributed by atoms with van der Waals surface area (Å²) in [6, 6.07) is 7.70. The number of para-hydroxylation sites is 1. The van der Waals surface area contributed by atoms with Crippen molar-refractivity contribution in [3.05, 3.63) is 29.8 Å². The molecule has 1 saturated heterocycles. The van der Waals surface area contributed by atoms with Gasteiger partial charge in [-0.1, -0.05) is 25.1 Å². The second kappa shape index (κ2) is 5.50. The third-order valence-corrected chi connectivity index (χ3v) is 3.53. The Morgan fingerprint density at radius 3 is 2.83 bits per heavy atom. The van der Waals surface area contributed by atoms with Crippen LogP contribution < -0.4 is 10.6 Å². The fourth-order valence-electron chi connectivity index (χ4n) is 2.33. The van der Waals surface area contributed by atoms with E-state index in [1.807, 2.05) is 24.3 Å². The highest BCUT2D eigenvalue weighted by Gasteiger charge is 2.33. The summed E-state index contributed by atoms with van der Waals surface area (Å²) in [7, 11) is 1.78. The number of likely N-dealkylation sites (N-methyl/N-ethyl adjacent to an activating group) is 1. The normalized spacial score (nSPS) is 23.1. The molecule has 0 saturated carbocycles. The molecule has 1 fully saturated rings. The summed E-state index contributed by atoms with van der Waals surface area (Å²) in [6.07, 6.45) is 0.629. The average molecular weight is 248 g/mol. The first kappa shape index (κ1) is 13.1. The largest absolute Gasteiger partial charge is 0.368 e. The minimum atomic E-state index is -0.319. The van der Waals surface area contributed by atoms with Crippen LogP contribution in [0.1, 0.15) is 18.9 Å². The molecule has 0 bridgehead atoms. The molecule has 1 aromatic rings. The van der Waals surface area contributed by atoms with Crippen LogP contribution in [-0.4, -0.2) is 25.7 Å². The van der Waals surface area contributed by atoms with Crippen LogP contribution >= 0.6 is 0 Å². The maximum Gasteiger partial charge on any atom is 0.256 e. The molecule has 2 N–H and O–H groups in total. The van der Waals surface area contributed by atoms with E-state index in [-0.39, 0.29) is 17.9 Å². The van der Waals surface area contributed by atoms with E-state index in [1.54, 1.807) is 11.9 Å². The van der Waals surface area contributed by atoms with Crippen molar-refractivity contribution in [1.29, 1.82) is 0 Å². The first-order chi connectivity index (χ1) is 8.65. The Balaban J connectivity index is 2.20. The van der Waals surface area contributed by atoms with E-state index >= 15 is 0 Å². The van der Waals surface area contributed by atoms with Crippen LogP contribution in [0, 0.1) is 5.92 Å². The van der Waals surface area contributed by atoms with Crippen LogP contribution in [0.15, 0.2) is 24.3 Å². The third-order valence-electron chi connectivity index (χ3n) is 3.53. The molecule has 0 spiro atoms. The predicted octanol–water partition coefficient (Wildman–Crippen LogP) is 1.53. The maximum atomic E-state index is 12.4. The minimum absolute atomic E-state index is 0.0147. The Morgan fingerprint density at radius 1 is 1.50 bits per heavy atom. The highest BCUT2D eigenvalue weighted by atomic mass is 16.5. The second-order valence-corrected chi connectivity index (χ2v) is 4.79. The molecule has 98 valence electrons. The number of nitrogens with two attached hydrogens (primary N) is 1. The summed E-state index contributed by atoms with van der Waals surface area (Å²) in [6.45, 7) is 3.15. The topological polar surface area (TPSA) is 55.6 Å². The summed E-state index contributed by atoms with van der Waals surface area (Å²) in [5.74, 6) is 0.297. The van der Waals surface area contributed by atoms with Crippen LogP contribution in [0.25, 0.3) is 0 Å². The summed E-state index contributed by atoms with van der Waals surface area (Å²) in [5, 5.41) is 0. The van der Waals surface area contributed by atoms with Crippen molar-refractivity contribution >= 4 is 11.6 Å². The van der Waals surface area contributed by atoms with Gasteiger partial charge in [0.2, 0.25) is 0 Å². The number of amides is 1. The minimum Gasteiger partial charge on any atom is -0.368 e. The van der Waals surface area contributed by atoms with E-state index in [9.17, 15) is 4.79 Å². The Morgan fingerprint density at radius 2 is 2.22 bits per heavy atom. The van der Waals surface area contributed by atoms with Crippen LogP contribution in [0.3, 0.4) is 0 Å². The number of carbonyl (C=O) groups excluding carboxylic acids is 1. The highest BCUT2D eigenvalue weighted by Crippen LogP contribution is 2.25. The Bertz CT molecular complexity index is 434. The molecule has 2 atom stereocenters. The van der Waals surface area contributed by atoms with Gasteiger partial charge in [-0.25, -0.2) is 0 Å². The molecule has 4 heteroatoms. The van der Waals surface area contributed by atoms with Crippen LogP contribution in [-0.2, 0) is 16.1 Å². The summed E-state index contributed by atoms with van der Waals surface area (Å²) in [5.41, 5.74) is 7.54. The van der Waals surface area contributed by atoms with Crippen molar-refractivity contribution in [1.82, 2.24) is 0 Å². The molecular weight excluding hydrogens is 228 g/mol. The molecule has 4 nitrogen and oxygen atoms in total. The lowest BCUT2D eigenvalue weighted by Gasteiger charge is -2.24. The molecule has 1 aliphatic heterocycles. The van der Waals surface area contributed by atoms with E-state index in [0.29, 0.717) is 13.2 Å². The molecule has 1 heterocycles. The molecule has 1 aliphatic rings. The lowest BCUT2D eigenvalue weighted by Crippen LogP contribution is -2.39. The van der Waals surface area contributed by atoms with E-state index in [1.165, 1.54) is 0 Å². The standard InChI is InChI=1S/C14H20N2O2/c1-10-7-8-18-13(10)14(17)16(2)12-6-4-3-5-11(12)9-15/h3-6,10,13H,7-9,15H2,1-2H3. The fourth-order valence-corrected chi connectivity index (χ4v) is 2.33. The lowest BCUT2D eigenvalue weighted by atomic mass is 10.0. The number of nitrogens with zero attached hydrogens (tertiary/aromatic N) is 1. The van der Waals surface area contributed by atoms with Gasteiger partial charge in [-0.3, -0.25) is 4.79 Å². The fraction of sp³-hybridized carbons (Fsp3) is 0.500. The Labute approximate surface area is 108 Å². The zero-order valence-corrected chi connectivity index (χ0v) is 10.9. The number of carbonyl (C=O) groups is 1. The van der Waals surface area contributed by atoms with Crippen molar-refractivity contribution in [2.75, 3.05) is 18.6 Å². The molecule has 1 amide bonds. The van der Waals surface area contributed by atoms with Gasteiger partial charge in [-0.2, -0.15) is 0 Å². The SMILES string of the molecule is CC1CCOC1C(=O)N(C)c1ccccc1CN. The van der Waals surface area contributed by atoms with Gasteiger partial charge in [0, 0.05) is 25.9 Å². The van der Waals surface area contributed by atoms with Gasteiger partial charge in [-0.15, -0.1) is 0 Å². The van der Waals surface area contributed by atoms with Gasteiger partial charge in [0.15, 0.2) is 0 Å². The first-order valence-corrected chi connectivity index (χ1v) is 6.32. The van der Waals surface area contributed by atoms with Crippen LogP contribution in [0.5, 0.6) is 0 Å².